The topological polar surface area (TPSA) is 89.9 Å². The molecule has 1 aliphatic heterocycles. The van der Waals surface area contributed by atoms with Crippen LogP contribution in [0.1, 0.15) is 32.0 Å². The molecule has 0 saturated carbocycles. The molecule has 2 amide bonds. The summed E-state index contributed by atoms with van der Waals surface area (Å²) in [4.78, 5) is 40.9. The number of amides is 2. The molecule has 8 nitrogen and oxygen atoms in total. The van der Waals surface area contributed by atoms with E-state index < -0.39 is 0 Å². The van der Waals surface area contributed by atoms with Gasteiger partial charge in [-0.05, 0) is 29.8 Å². The maximum atomic E-state index is 13.3. The van der Waals surface area contributed by atoms with Crippen molar-refractivity contribution in [2.45, 2.75) is 19.5 Å². The number of nitrogens with one attached hydrogen (secondary N) is 1. The Labute approximate surface area is 208 Å². The molecule has 0 atom stereocenters. The molecule has 2 heterocycles. The molecule has 0 saturated heterocycles. The van der Waals surface area contributed by atoms with Crippen molar-refractivity contribution in [3.63, 3.8) is 0 Å². The average Bonchev–Trinajstić information content (AvgIpc) is 3.11. The average molecular weight is 496 g/mol. The number of hydrogen-bond donors (Lipinski definition) is 1. The minimum Gasteiger partial charge on any atom is -0.497 e. The first-order valence-corrected chi connectivity index (χ1v) is 11.6. The molecule has 0 fully saturated rings. The number of benzene rings is 2. The Morgan fingerprint density at radius 3 is 2.54 bits per heavy atom. The van der Waals surface area contributed by atoms with Crippen molar-refractivity contribution in [3.8, 4) is 11.5 Å². The van der Waals surface area contributed by atoms with Gasteiger partial charge in [0.05, 0.1) is 24.8 Å². The van der Waals surface area contributed by atoms with E-state index >= 15 is 0 Å². The van der Waals surface area contributed by atoms with Crippen LogP contribution in [0.5, 0.6) is 11.5 Å². The lowest BCUT2D eigenvalue weighted by Crippen LogP contribution is -2.34. The number of methoxy groups -OCH3 is 2. The van der Waals surface area contributed by atoms with Crippen LogP contribution in [0.15, 0.2) is 59.4 Å². The third-order valence-corrected chi connectivity index (χ3v) is 6.35. The van der Waals surface area contributed by atoms with Crippen LogP contribution in [0, 0.1) is 0 Å². The highest BCUT2D eigenvalue weighted by atomic mass is 35.5. The molecule has 0 unspecified atom stereocenters. The Morgan fingerprint density at radius 2 is 1.80 bits per heavy atom. The molecule has 0 spiro atoms. The predicted molar refractivity (Wildman–Crippen MR) is 132 cm³/mol. The van der Waals surface area contributed by atoms with Crippen molar-refractivity contribution in [3.05, 3.63) is 92.4 Å². The van der Waals surface area contributed by atoms with E-state index in [2.05, 4.69) is 5.32 Å². The standard InChI is InChI=1S/C26H26ClN3O5/c1-34-18-7-5-6-17(14-18)16-28-25(32)24-21-10-11-29(26(33)19-8-3-4-9-20(19)27)12-13-30(21)23(31)15-22(24)35-2/h3-9,14-15H,10-13,16H2,1-2H3,(H,28,32). The summed E-state index contributed by atoms with van der Waals surface area (Å²) in [6.45, 7) is 1.17. The summed E-state index contributed by atoms with van der Waals surface area (Å²) in [5, 5.41) is 3.28. The van der Waals surface area contributed by atoms with Crippen molar-refractivity contribution in [2.24, 2.45) is 0 Å². The summed E-state index contributed by atoms with van der Waals surface area (Å²) >= 11 is 6.22. The molecule has 0 aliphatic carbocycles. The van der Waals surface area contributed by atoms with E-state index in [1.54, 1.807) is 40.8 Å². The molecule has 1 aromatic heterocycles. The normalized spacial score (nSPS) is 12.9. The molecule has 9 heteroatoms. The number of hydrogen-bond acceptors (Lipinski definition) is 5. The Kier molecular flexibility index (Phi) is 7.41. The monoisotopic (exact) mass is 495 g/mol. The summed E-state index contributed by atoms with van der Waals surface area (Å²) < 4.78 is 12.2. The Bertz CT molecular complexity index is 1320. The van der Waals surface area contributed by atoms with E-state index in [1.807, 2.05) is 24.3 Å². The fraction of sp³-hybridized carbons (Fsp3) is 0.269. The van der Waals surface area contributed by atoms with Gasteiger partial charge in [0.15, 0.2) is 0 Å². The van der Waals surface area contributed by atoms with Crippen molar-refractivity contribution in [2.75, 3.05) is 27.3 Å². The van der Waals surface area contributed by atoms with E-state index in [-0.39, 0.29) is 36.2 Å². The number of aromatic nitrogens is 1. The zero-order valence-corrected chi connectivity index (χ0v) is 20.3. The minimum absolute atomic E-state index is 0.204. The molecule has 0 radical (unpaired) electrons. The second-order valence-electron chi connectivity index (χ2n) is 8.08. The second kappa shape index (κ2) is 10.7. The number of pyridine rings is 1. The lowest BCUT2D eigenvalue weighted by atomic mass is 10.1. The van der Waals surface area contributed by atoms with Crippen LogP contribution in [0.3, 0.4) is 0 Å². The van der Waals surface area contributed by atoms with Crippen LogP contribution in [0.4, 0.5) is 0 Å². The highest BCUT2D eigenvalue weighted by Crippen LogP contribution is 2.24. The predicted octanol–water partition coefficient (Wildman–Crippen LogP) is 3.15. The van der Waals surface area contributed by atoms with Gasteiger partial charge in [0, 0.05) is 44.4 Å². The van der Waals surface area contributed by atoms with Crippen LogP contribution in [0.25, 0.3) is 0 Å². The van der Waals surface area contributed by atoms with Gasteiger partial charge >= 0.3 is 0 Å². The summed E-state index contributed by atoms with van der Waals surface area (Å²) in [6.07, 6.45) is 0.310. The van der Waals surface area contributed by atoms with Gasteiger partial charge < -0.3 is 24.3 Å². The number of halogens is 1. The molecular formula is C26H26ClN3O5. The smallest absolute Gasteiger partial charge is 0.257 e. The van der Waals surface area contributed by atoms with Crippen LogP contribution in [0.2, 0.25) is 5.02 Å². The lowest BCUT2D eigenvalue weighted by Gasteiger charge is -2.20. The number of ether oxygens (including phenoxy) is 2. The maximum Gasteiger partial charge on any atom is 0.257 e. The van der Waals surface area contributed by atoms with Crippen molar-refractivity contribution >= 4 is 23.4 Å². The second-order valence-corrected chi connectivity index (χ2v) is 8.49. The molecule has 1 aliphatic rings. The molecule has 2 aromatic carbocycles. The lowest BCUT2D eigenvalue weighted by molar-refractivity contribution is 0.0759. The highest BCUT2D eigenvalue weighted by Gasteiger charge is 2.27. The molecule has 3 aromatic rings. The van der Waals surface area contributed by atoms with Crippen molar-refractivity contribution in [1.82, 2.24) is 14.8 Å². The maximum absolute atomic E-state index is 13.3. The Morgan fingerprint density at radius 1 is 1.00 bits per heavy atom. The quantitative estimate of drug-likeness (QED) is 0.567. The van der Waals surface area contributed by atoms with Crippen LogP contribution < -0.4 is 20.3 Å². The van der Waals surface area contributed by atoms with Crippen molar-refractivity contribution in [1.29, 1.82) is 0 Å². The largest absolute Gasteiger partial charge is 0.497 e. The van der Waals surface area contributed by atoms with Crippen LogP contribution in [-0.2, 0) is 19.5 Å². The Hall–Kier alpha value is -3.78. The SMILES string of the molecule is COc1cccc(CNC(=O)c2c(OC)cc(=O)n3c2CCN(C(=O)c2ccccc2Cl)CC3)c1. The third kappa shape index (κ3) is 5.17. The fourth-order valence-electron chi connectivity index (χ4n) is 4.22. The van der Waals surface area contributed by atoms with E-state index in [1.165, 1.54) is 13.2 Å². The minimum atomic E-state index is -0.362. The van der Waals surface area contributed by atoms with E-state index in [9.17, 15) is 14.4 Å². The zero-order chi connectivity index (χ0) is 24.9. The summed E-state index contributed by atoms with van der Waals surface area (Å²) in [6, 6.07) is 15.6. The van der Waals surface area contributed by atoms with Gasteiger partial charge in [0.2, 0.25) is 0 Å². The number of carbonyl (C=O) groups is 2. The van der Waals surface area contributed by atoms with Gasteiger partial charge in [-0.25, -0.2) is 0 Å². The molecule has 1 N–H and O–H groups in total. The molecule has 0 bridgehead atoms. The van der Waals surface area contributed by atoms with Gasteiger partial charge in [-0.15, -0.1) is 0 Å². The van der Waals surface area contributed by atoms with Crippen LogP contribution in [-0.4, -0.2) is 48.6 Å². The van der Waals surface area contributed by atoms with Crippen LogP contribution >= 0.6 is 11.6 Å². The van der Waals surface area contributed by atoms with Gasteiger partial charge in [-0.2, -0.15) is 0 Å². The first kappa shape index (κ1) is 24.3. The first-order chi connectivity index (χ1) is 16.9. The number of nitrogens with zero attached hydrogens (tertiary/aromatic N) is 2. The Balaban J connectivity index is 1.60. The zero-order valence-electron chi connectivity index (χ0n) is 19.5. The summed E-state index contributed by atoms with van der Waals surface area (Å²) in [5.74, 6) is 0.319. The van der Waals surface area contributed by atoms with Gasteiger partial charge in [0.1, 0.15) is 17.1 Å². The first-order valence-electron chi connectivity index (χ1n) is 11.2. The van der Waals surface area contributed by atoms with Gasteiger partial charge in [-0.1, -0.05) is 35.9 Å². The number of carbonyl (C=O) groups excluding carboxylic acids is 2. The third-order valence-electron chi connectivity index (χ3n) is 6.02. The van der Waals surface area contributed by atoms with Gasteiger partial charge in [-0.3, -0.25) is 14.4 Å². The number of rotatable bonds is 6. The molecule has 4 rings (SSSR count). The van der Waals surface area contributed by atoms with E-state index in [0.29, 0.717) is 47.1 Å². The molecule has 182 valence electrons. The molecule has 35 heavy (non-hydrogen) atoms. The highest BCUT2D eigenvalue weighted by molar-refractivity contribution is 6.33. The molecular weight excluding hydrogens is 470 g/mol. The van der Waals surface area contributed by atoms with E-state index in [0.717, 1.165) is 5.56 Å². The fourth-order valence-corrected chi connectivity index (χ4v) is 4.43. The van der Waals surface area contributed by atoms with Crippen molar-refractivity contribution < 1.29 is 19.1 Å². The van der Waals surface area contributed by atoms with E-state index in [4.69, 9.17) is 21.1 Å². The number of fused-ring (bicyclic) bond motifs is 1. The van der Waals surface area contributed by atoms with Gasteiger partial charge in [0.25, 0.3) is 17.4 Å². The summed E-state index contributed by atoms with van der Waals surface area (Å²) in [7, 11) is 3.01. The summed E-state index contributed by atoms with van der Waals surface area (Å²) in [5.41, 5.74) is 1.82.